The lowest BCUT2D eigenvalue weighted by atomic mass is 9.92. The fourth-order valence-electron chi connectivity index (χ4n) is 4.10. The third-order valence-electron chi connectivity index (χ3n) is 5.62. The number of aryl methyl sites for hydroxylation is 3. The number of piperidine rings is 1. The van der Waals surface area contributed by atoms with Crippen LogP contribution >= 0.6 is 0 Å². The first-order valence-electron chi connectivity index (χ1n) is 10.2. The lowest BCUT2D eigenvalue weighted by molar-refractivity contribution is 0.569. The van der Waals surface area contributed by atoms with Gasteiger partial charge in [0.25, 0.3) is 0 Å². The SMILES string of the molecule is Cc1cc(N2CCCCC2)nc(CNS(=O)(=O)c2ccc3c(c2)CCCC3)n1. The Labute approximate surface area is 167 Å². The van der Waals surface area contributed by atoms with Crippen molar-refractivity contribution in [3.05, 3.63) is 46.9 Å². The van der Waals surface area contributed by atoms with Crippen LogP contribution in [0.25, 0.3) is 0 Å². The van der Waals surface area contributed by atoms with Gasteiger partial charge >= 0.3 is 0 Å². The molecule has 0 radical (unpaired) electrons. The molecule has 2 heterocycles. The summed E-state index contributed by atoms with van der Waals surface area (Å²) in [6, 6.07) is 7.48. The molecule has 0 atom stereocenters. The molecular formula is C21H28N4O2S. The predicted octanol–water partition coefficient (Wildman–Crippen LogP) is 3.13. The first kappa shape index (κ1) is 19.3. The quantitative estimate of drug-likeness (QED) is 0.835. The van der Waals surface area contributed by atoms with E-state index in [9.17, 15) is 8.42 Å². The van der Waals surface area contributed by atoms with Crippen LogP contribution in [0.1, 0.15) is 54.7 Å². The summed E-state index contributed by atoms with van der Waals surface area (Å²) in [5, 5.41) is 0. The molecule has 0 spiro atoms. The van der Waals surface area contributed by atoms with Gasteiger partial charge in [0.1, 0.15) is 11.6 Å². The van der Waals surface area contributed by atoms with E-state index in [4.69, 9.17) is 0 Å². The monoisotopic (exact) mass is 400 g/mol. The largest absolute Gasteiger partial charge is 0.357 e. The van der Waals surface area contributed by atoms with Gasteiger partial charge in [-0.2, -0.15) is 0 Å². The maximum atomic E-state index is 12.8. The van der Waals surface area contributed by atoms with Gasteiger partial charge in [0.2, 0.25) is 10.0 Å². The number of hydrogen-bond donors (Lipinski definition) is 1. The predicted molar refractivity (Wildman–Crippen MR) is 110 cm³/mol. The molecule has 1 saturated heterocycles. The Morgan fingerprint density at radius 2 is 1.71 bits per heavy atom. The highest BCUT2D eigenvalue weighted by Crippen LogP contribution is 2.24. The molecule has 1 aromatic carbocycles. The van der Waals surface area contributed by atoms with Crippen LogP contribution in [-0.2, 0) is 29.4 Å². The molecule has 1 N–H and O–H groups in total. The van der Waals surface area contributed by atoms with Gasteiger partial charge in [-0.15, -0.1) is 0 Å². The van der Waals surface area contributed by atoms with E-state index in [0.29, 0.717) is 10.7 Å². The molecule has 1 aliphatic carbocycles. The Hall–Kier alpha value is -1.99. The number of nitrogens with one attached hydrogen (secondary N) is 1. The number of fused-ring (bicyclic) bond motifs is 1. The van der Waals surface area contributed by atoms with Crippen molar-refractivity contribution in [3.8, 4) is 0 Å². The number of rotatable bonds is 5. The van der Waals surface area contributed by atoms with Crippen LogP contribution in [0.4, 0.5) is 5.82 Å². The van der Waals surface area contributed by atoms with Crippen LogP contribution in [0.3, 0.4) is 0 Å². The van der Waals surface area contributed by atoms with E-state index >= 15 is 0 Å². The summed E-state index contributed by atoms with van der Waals surface area (Å²) in [4.78, 5) is 11.6. The van der Waals surface area contributed by atoms with E-state index in [1.807, 2.05) is 25.1 Å². The summed E-state index contributed by atoms with van der Waals surface area (Å²) in [6.07, 6.45) is 7.90. The van der Waals surface area contributed by atoms with Crippen molar-refractivity contribution in [2.75, 3.05) is 18.0 Å². The molecule has 0 amide bonds. The molecule has 2 aliphatic rings. The number of aromatic nitrogens is 2. The van der Waals surface area contributed by atoms with Gasteiger partial charge in [-0.05, 0) is 75.1 Å². The van der Waals surface area contributed by atoms with Crippen molar-refractivity contribution in [1.29, 1.82) is 0 Å². The molecule has 1 aliphatic heterocycles. The van der Waals surface area contributed by atoms with Crippen molar-refractivity contribution >= 4 is 15.8 Å². The molecular weight excluding hydrogens is 372 g/mol. The first-order valence-corrected chi connectivity index (χ1v) is 11.7. The second-order valence-electron chi connectivity index (χ2n) is 7.79. The van der Waals surface area contributed by atoms with E-state index in [1.165, 1.54) is 31.2 Å². The highest BCUT2D eigenvalue weighted by atomic mass is 32.2. The average Bonchev–Trinajstić information content (AvgIpc) is 2.72. The summed E-state index contributed by atoms with van der Waals surface area (Å²) in [7, 11) is -3.59. The van der Waals surface area contributed by atoms with Crippen LogP contribution < -0.4 is 9.62 Å². The smallest absolute Gasteiger partial charge is 0.240 e. The number of benzene rings is 1. The summed E-state index contributed by atoms with van der Waals surface area (Å²) < 4.78 is 28.3. The highest BCUT2D eigenvalue weighted by Gasteiger charge is 2.19. The molecule has 4 rings (SSSR count). The van der Waals surface area contributed by atoms with Gasteiger partial charge in [0, 0.05) is 24.8 Å². The summed E-state index contributed by atoms with van der Waals surface area (Å²) in [5.41, 5.74) is 3.30. The Balaban J connectivity index is 1.49. The van der Waals surface area contributed by atoms with E-state index in [0.717, 1.165) is 49.4 Å². The van der Waals surface area contributed by atoms with Gasteiger partial charge < -0.3 is 4.90 Å². The van der Waals surface area contributed by atoms with Crippen molar-refractivity contribution < 1.29 is 8.42 Å². The number of anilines is 1. The fraction of sp³-hybridized carbons (Fsp3) is 0.524. The van der Waals surface area contributed by atoms with Crippen LogP contribution in [0.2, 0.25) is 0 Å². The minimum absolute atomic E-state index is 0.0991. The zero-order valence-corrected chi connectivity index (χ0v) is 17.3. The summed E-state index contributed by atoms with van der Waals surface area (Å²) in [6.45, 7) is 4.02. The first-order chi connectivity index (χ1) is 13.5. The number of sulfonamides is 1. The number of hydrogen-bond acceptors (Lipinski definition) is 5. The minimum atomic E-state index is -3.59. The van der Waals surface area contributed by atoms with Crippen molar-refractivity contribution in [2.24, 2.45) is 0 Å². The van der Waals surface area contributed by atoms with Gasteiger partial charge in [-0.1, -0.05) is 6.07 Å². The average molecular weight is 401 g/mol. The van der Waals surface area contributed by atoms with Crippen molar-refractivity contribution in [3.63, 3.8) is 0 Å². The van der Waals surface area contributed by atoms with E-state index in [-0.39, 0.29) is 6.54 Å². The van der Waals surface area contributed by atoms with Crippen molar-refractivity contribution in [1.82, 2.24) is 14.7 Å². The second-order valence-corrected chi connectivity index (χ2v) is 9.56. The molecule has 2 aromatic rings. The van der Waals surface area contributed by atoms with E-state index in [1.54, 1.807) is 6.07 Å². The third kappa shape index (κ3) is 4.36. The summed E-state index contributed by atoms with van der Waals surface area (Å²) in [5.74, 6) is 1.41. The van der Waals surface area contributed by atoms with Crippen LogP contribution in [0, 0.1) is 6.92 Å². The van der Waals surface area contributed by atoms with E-state index in [2.05, 4.69) is 19.6 Å². The zero-order chi connectivity index (χ0) is 19.6. The lowest BCUT2D eigenvalue weighted by Crippen LogP contribution is -2.31. The van der Waals surface area contributed by atoms with Gasteiger partial charge in [0.05, 0.1) is 11.4 Å². The topological polar surface area (TPSA) is 75.2 Å². The Bertz CT molecular complexity index is 953. The maximum Gasteiger partial charge on any atom is 0.240 e. The number of nitrogens with zero attached hydrogens (tertiary/aromatic N) is 3. The van der Waals surface area contributed by atoms with Gasteiger partial charge in [-0.3, -0.25) is 0 Å². The fourth-order valence-corrected chi connectivity index (χ4v) is 5.13. The molecule has 7 heteroatoms. The van der Waals surface area contributed by atoms with Crippen LogP contribution in [-0.4, -0.2) is 31.5 Å². The third-order valence-corrected chi connectivity index (χ3v) is 7.02. The molecule has 28 heavy (non-hydrogen) atoms. The second kappa shape index (κ2) is 8.17. The molecule has 6 nitrogen and oxygen atoms in total. The molecule has 1 fully saturated rings. The standard InChI is InChI=1S/C21H28N4O2S/c1-16-13-21(25-11-5-2-6-12-25)24-20(23-16)15-22-28(26,27)19-10-9-17-7-3-4-8-18(17)14-19/h9-10,13-14,22H,2-8,11-12,15H2,1H3. The van der Waals surface area contributed by atoms with Gasteiger partial charge in [0.15, 0.2) is 0 Å². The Morgan fingerprint density at radius 3 is 2.50 bits per heavy atom. The highest BCUT2D eigenvalue weighted by molar-refractivity contribution is 7.89. The van der Waals surface area contributed by atoms with Gasteiger partial charge in [-0.25, -0.2) is 23.1 Å². The maximum absolute atomic E-state index is 12.8. The zero-order valence-electron chi connectivity index (χ0n) is 16.4. The molecule has 0 saturated carbocycles. The lowest BCUT2D eigenvalue weighted by Gasteiger charge is -2.28. The Kier molecular flexibility index (Phi) is 5.64. The molecule has 150 valence electrons. The molecule has 0 bridgehead atoms. The van der Waals surface area contributed by atoms with E-state index < -0.39 is 10.0 Å². The molecule has 1 aromatic heterocycles. The normalized spacial score (nSPS) is 17.4. The van der Waals surface area contributed by atoms with Crippen LogP contribution in [0.5, 0.6) is 0 Å². The summed E-state index contributed by atoms with van der Waals surface area (Å²) >= 11 is 0. The molecule has 0 unspecified atom stereocenters. The van der Waals surface area contributed by atoms with Crippen molar-refractivity contribution in [2.45, 2.75) is 63.3 Å². The Morgan fingerprint density at radius 1 is 0.964 bits per heavy atom. The van der Waals surface area contributed by atoms with Crippen LogP contribution in [0.15, 0.2) is 29.2 Å². The minimum Gasteiger partial charge on any atom is -0.357 e.